The number of aromatic amines is 1. The summed E-state index contributed by atoms with van der Waals surface area (Å²) in [4.78, 5) is 118. The van der Waals surface area contributed by atoms with Crippen LogP contribution in [0.15, 0.2) is 17.5 Å². The summed E-state index contributed by atoms with van der Waals surface area (Å²) in [5, 5.41) is 33.1. The van der Waals surface area contributed by atoms with Gasteiger partial charge in [-0.25, -0.2) is 14.6 Å². The lowest BCUT2D eigenvalue weighted by Crippen LogP contribution is -2.48. The highest BCUT2D eigenvalue weighted by atomic mass is 16.6. The van der Waals surface area contributed by atoms with Gasteiger partial charge in [0, 0.05) is 31.3 Å². The molecule has 1 aromatic heterocycles. The van der Waals surface area contributed by atoms with Crippen molar-refractivity contribution in [2.75, 3.05) is 13.2 Å². The first-order valence-electron chi connectivity index (χ1n) is 20.4. The van der Waals surface area contributed by atoms with Crippen LogP contribution in [0.3, 0.4) is 0 Å². The first-order valence-corrected chi connectivity index (χ1v) is 20.4. The van der Waals surface area contributed by atoms with E-state index in [-0.39, 0.29) is 31.1 Å². The van der Waals surface area contributed by atoms with E-state index in [9.17, 15) is 47.9 Å². The lowest BCUT2D eigenvalue weighted by atomic mass is 10.0. The molecule has 0 saturated heterocycles. The monoisotopic (exact) mass is 998 g/mol. The molecule has 0 fully saturated rings. The van der Waals surface area contributed by atoms with Crippen LogP contribution in [0.5, 0.6) is 0 Å². The molecule has 1 heterocycles. The van der Waals surface area contributed by atoms with E-state index in [4.69, 9.17) is 94.0 Å². The zero-order chi connectivity index (χ0) is 54.7. The van der Waals surface area contributed by atoms with Crippen molar-refractivity contribution in [3.05, 3.63) is 18.2 Å². The van der Waals surface area contributed by atoms with Crippen molar-refractivity contribution in [3.63, 3.8) is 0 Å². The number of guanidine groups is 1. The molecule has 0 aliphatic rings. The van der Waals surface area contributed by atoms with Gasteiger partial charge in [0.2, 0.25) is 11.8 Å². The number of nitrogens with one attached hydrogen (secondary N) is 1. The van der Waals surface area contributed by atoms with Crippen LogP contribution >= 0.6 is 0 Å². The summed E-state index contributed by atoms with van der Waals surface area (Å²) in [6, 6.07) is -8.34. The number of carbonyl (C=O) groups is 10. The molecule has 1 aromatic rings. The summed E-state index contributed by atoms with van der Waals surface area (Å²) in [7, 11) is 0. The maximum absolute atomic E-state index is 11.8. The van der Waals surface area contributed by atoms with Gasteiger partial charge in [0.1, 0.15) is 61.0 Å². The number of H-pyrrole nitrogens is 1. The molecule has 1 rings (SSSR count). The number of esters is 4. The summed E-state index contributed by atoms with van der Waals surface area (Å²) in [5.41, 5.74) is 63.0. The van der Waals surface area contributed by atoms with Gasteiger partial charge in [-0.2, -0.15) is 0 Å². The fourth-order valence-electron chi connectivity index (χ4n) is 3.69. The Morgan fingerprint density at radius 1 is 0.652 bits per heavy atom. The van der Waals surface area contributed by atoms with Gasteiger partial charge in [-0.05, 0) is 39.0 Å². The van der Waals surface area contributed by atoms with E-state index < -0.39 is 127 Å². The van der Waals surface area contributed by atoms with Crippen molar-refractivity contribution in [1.82, 2.24) is 9.97 Å². The van der Waals surface area contributed by atoms with Gasteiger partial charge in [-0.15, -0.1) is 0 Å². The van der Waals surface area contributed by atoms with Crippen molar-refractivity contribution < 1.29 is 82.6 Å². The van der Waals surface area contributed by atoms with E-state index in [0.29, 0.717) is 25.8 Å². The Balaban J connectivity index is -0.000000408. The first-order chi connectivity index (χ1) is 31.7. The van der Waals surface area contributed by atoms with Crippen LogP contribution in [0.1, 0.15) is 71.9 Å². The minimum Gasteiger partial charge on any atom is -0.480 e. The zero-order valence-electron chi connectivity index (χ0n) is 38.7. The molecule has 0 aliphatic carbocycles. The summed E-state index contributed by atoms with van der Waals surface area (Å²) in [6.45, 7) is 6.27. The number of hydrogen-bond acceptors (Lipinski definition) is 23. The molecular weight excluding hydrogens is 926 g/mol. The minimum atomic E-state index is -1.41. The predicted octanol–water partition coefficient (Wildman–Crippen LogP) is -7.34. The molecule has 10 atom stereocenters. The van der Waals surface area contributed by atoms with Crippen LogP contribution in [-0.2, 0) is 68.6 Å². The molecule has 32 heteroatoms. The average molecular weight is 998 g/mol. The molecule has 0 saturated carbocycles. The topological polar surface area (TPSA) is 633 Å². The quantitative estimate of drug-likeness (QED) is 0.0108. The number of carbonyl (C=O) groups excluding carboxylic acids is 6. The fraction of sp³-hybridized carbons (Fsp3) is 0.622. The van der Waals surface area contributed by atoms with Crippen molar-refractivity contribution in [3.8, 4) is 0 Å². The van der Waals surface area contributed by atoms with Crippen LogP contribution in [0, 0.1) is 5.92 Å². The molecule has 0 spiro atoms. The van der Waals surface area contributed by atoms with E-state index in [2.05, 4.69) is 24.4 Å². The molecule has 0 aromatic carbocycles. The molecule has 0 bridgehead atoms. The van der Waals surface area contributed by atoms with Gasteiger partial charge in [0.05, 0.1) is 12.7 Å². The molecule has 396 valence electrons. The van der Waals surface area contributed by atoms with Crippen LogP contribution in [-0.4, -0.2) is 164 Å². The summed E-state index contributed by atoms with van der Waals surface area (Å²) in [5.74, 6) is -9.51. The first kappa shape index (κ1) is 68.6. The highest BCUT2D eigenvalue weighted by Gasteiger charge is 2.32. The predicted molar refractivity (Wildman–Crippen MR) is 242 cm³/mol. The number of amides is 2. The normalized spacial score (nSPS) is 14.5. The van der Waals surface area contributed by atoms with E-state index in [1.54, 1.807) is 13.1 Å². The molecule has 2 amide bonds. The largest absolute Gasteiger partial charge is 0.480 e. The number of hydrogen-bond donors (Lipinski definition) is 17. The molecular formula is C37H71N15O17. The van der Waals surface area contributed by atoms with Crippen molar-refractivity contribution in [2.45, 2.75) is 127 Å². The number of aliphatic imine (C=N–C) groups is 1. The van der Waals surface area contributed by atoms with Gasteiger partial charge >= 0.3 is 47.8 Å². The Bertz CT molecular complexity index is 1780. The summed E-state index contributed by atoms with van der Waals surface area (Å²) < 4.78 is 14.0. The Hall–Kier alpha value is -6.94. The second-order valence-corrected chi connectivity index (χ2v) is 14.5. The number of aliphatic carboxylic acids is 4. The maximum atomic E-state index is 11.8. The molecule has 29 N–H and O–H groups in total. The van der Waals surface area contributed by atoms with Crippen LogP contribution in [0.2, 0.25) is 0 Å². The van der Waals surface area contributed by atoms with E-state index in [0.717, 1.165) is 5.69 Å². The Labute approximate surface area is 395 Å². The number of ether oxygens (including phenoxy) is 3. The summed E-state index contributed by atoms with van der Waals surface area (Å²) in [6.07, 6.45) is 3.39. The molecule has 32 nitrogen and oxygen atoms in total. The van der Waals surface area contributed by atoms with Crippen LogP contribution in [0.25, 0.3) is 0 Å². The molecule has 0 radical (unpaired) electrons. The Kier molecular flexibility index (Phi) is 37.9. The highest BCUT2D eigenvalue weighted by molar-refractivity contribution is 5.91. The highest BCUT2D eigenvalue weighted by Crippen LogP contribution is 2.09. The van der Waals surface area contributed by atoms with Gasteiger partial charge in [-0.3, -0.25) is 43.3 Å². The number of carboxylic acid groups (broad SMARTS) is 4. The fourth-order valence-corrected chi connectivity index (χ4v) is 3.69. The van der Waals surface area contributed by atoms with Gasteiger partial charge in [0.15, 0.2) is 5.96 Å². The van der Waals surface area contributed by atoms with Crippen LogP contribution in [0.4, 0.5) is 0 Å². The van der Waals surface area contributed by atoms with Gasteiger partial charge < -0.3 is 108 Å². The third kappa shape index (κ3) is 37.8. The zero-order valence-corrected chi connectivity index (χ0v) is 38.7. The van der Waals surface area contributed by atoms with Crippen molar-refractivity contribution in [1.29, 1.82) is 0 Å². The number of aromatic nitrogens is 2. The van der Waals surface area contributed by atoms with Crippen molar-refractivity contribution >= 4 is 65.5 Å². The standard InChI is InChI=1S/C14H26N4O6.C8H15N3O5.C6H14N4O2.C6H9N3O2.C3H7NO2/c1-4-6(2)10(17)13(21)24-14(22)11(18)7(3)23-12(20)8(15)5-9(16)19;9-4(1-2-6(11)12)8(15)16-3-5(10)7(13)14;7-4(5(11)12)2-1-3-10-6(8)9;7-5(6(10)11)1-4-2-8-3-9-4;1-2(4)3(5)6/h6-8,10-11H,4-5,15,17-18H2,1-3H3,(H2,16,19);4-5H,1-3,9-10H2,(H2,11,12)(H,13,14);4H,1-3,7H2,(H,11,12)(H4,8,9,10);2-3,5H,1,7H2,(H,8,9)(H,10,11);2H,4H2,1H3,(H,5,6)/t6-,7+,8-,10-,11-;4-,5-;4-;5-;2-/m00000/s1. The molecule has 0 aliphatic heterocycles. The van der Waals surface area contributed by atoms with Gasteiger partial charge in [-0.1, -0.05) is 20.3 Å². The van der Waals surface area contributed by atoms with Crippen molar-refractivity contribution in [2.24, 2.45) is 79.7 Å². The summed E-state index contributed by atoms with van der Waals surface area (Å²) >= 11 is 0. The average Bonchev–Trinajstić information content (AvgIpc) is 3.78. The third-order valence-electron chi connectivity index (χ3n) is 8.25. The Morgan fingerprint density at radius 2 is 1.16 bits per heavy atom. The Morgan fingerprint density at radius 3 is 1.57 bits per heavy atom. The number of rotatable bonds is 25. The van der Waals surface area contributed by atoms with E-state index in [1.165, 1.54) is 20.2 Å². The number of imidazole rings is 1. The second kappa shape index (κ2) is 38.1. The van der Waals surface area contributed by atoms with Crippen LogP contribution < -0.4 is 68.8 Å². The van der Waals surface area contributed by atoms with Gasteiger partial charge in [0.25, 0.3) is 0 Å². The SMILES string of the molecule is CC[C@H](C)[C@H](N)C(=O)OC(=O)[C@@H](N)[C@@H](C)OC(=O)[C@@H](N)CC(N)=O.C[C@H](N)C(=O)O.NC(=O)CC[C@H](N)C(=O)OC[C@H](N)C(=O)O.NC(N)=NCCC[C@H](N)C(=O)O.N[C@@H](Cc1cnc[nH]1)C(=O)O. The molecule has 69 heavy (non-hydrogen) atoms. The van der Waals surface area contributed by atoms with E-state index >= 15 is 0 Å². The number of carboxylic acids is 4. The lowest BCUT2D eigenvalue weighted by molar-refractivity contribution is -0.166. The number of nitrogens with zero attached hydrogens (tertiary/aromatic N) is 2. The molecule has 0 unspecified atom stereocenters. The third-order valence-corrected chi connectivity index (χ3v) is 8.25. The van der Waals surface area contributed by atoms with E-state index in [1.807, 2.05) is 6.92 Å². The minimum absolute atomic E-state index is 0.0129. The smallest absolute Gasteiger partial charge is 0.334 e. The lowest BCUT2D eigenvalue weighted by Gasteiger charge is -2.21. The number of primary amides is 2. The second-order valence-electron chi connectivity index (χ2n) is 14.5. The maximum Gasteiger partial charge on any atom is 0.334 e. The number of nitrogens with two attached hydrogens (primary N) is 12.